The highest BCUT2D eigenvalue weighted by atomic mass is 32.2. The molecule has 0 aliphatic carbocycles. The number of rotatable bonds is 26. The number of aliphatic hydroxyl groups is 1. The van der Waals surface area contributed by atoms with Crippen LogP contribution in [0.15, 0.2) is 12.5 Å². The number of thioether (sulfide) groups is 1. The first-order chi connectivity index (χ1) is 27.6. The second kappa shape index (κ2) is 25.5. The van der Waals surface area contributed by atoms with Crippen LogP contribution in [0.3, 0.4) is 0 Å². The number of nitrogens with zero attached hydrogens (tertiary/aromatic N) is 1. The van der Waals surface area contributed by atoms with Crippen LogP contribution in [0.1, 0.15) is 53.2 Å². The number of H-pyrrole nitrogens is 1. The maximum atomic E-state index is 13.3. The number of carbonyl (C=O) groups excluding carboxylic acids is 8. The number of carboxylic acid groups (broad SMARTS) is 2. The molecular weight excluding hydrogens is 803 g/mol. The number of hydrogen-bond acceptors (Lipinski definition) is 14. The number of nitrogens with one attached hydrogen (secondary N) is 9. The van der Waals surface area contributed by atoms with E-state index < -0.39 is 133 Å². The molecule has 1 heterocycles. The third-order valence-corrected chi connectivity index (χ3v) is 8.92. The van der Waals surface area contributed by atoms with Crippen molar-refractivity contribution in [2.24, 2.45) is 11.7 Å². The number of aliphatic carboxylic acids is 2. The van der Waals surface area contributed by atoms with Gasteiger partial charge >= 0.3 is 11.9 Å². The Hall–Kier alpha value is -5.82. The Bertz CT molecular complexity index is 1640. The Morgan fingerprint density at radius 2 is 1.25 bits per heavy atom. The lowest BCUT2D eigenvalue weighted by molar-refractivity contribution is -0.144. The van der Waals surface area contributed by atoms with E-state index in [1.54, 1.807) is 6.26 Å². The highest BCUT2D eigenvalue weighted by molar-refractivity contribution is 7.98. The summed E-state index contributed by atoms with van der Waals surface area (Å²) in [5.74, 6) is -10.2. The topological polar surface area (TPSA) is 382 Å². The van der Waals surface area contributed by atoms with E-state index in [1.165, 1.54) is 58.9 Å². The van der Waals surface area contributed by atoms with Gasteiger partial charge in [0.2, 0.25) is 47.3 Å². The summed E-state index contributed by atoms with van der Waals surface area (Å²) in [7, 11) is 0. The van der Waals surface area contributed by atoms with E-state index >= 15 is 0 Å². The zero-order valence-corrected chi connectivity index (χ0v) is 34.3. The van der Waals surface area contributed by atoms with Crippen molar-refractivity contribution in [2.45, 2.75) is 102 Å². The molecule has 59 heavy (non-hydrogen) atoms. The second-order valence-electron chi connectivity index (χ2n) is 13.7. The van der Waals surface area contributed by atoms with Crippen molar-refractivity contribution in [1.82, 2.24) is 52.5 Å². The lowest BCUT2D eigenvalue weighted by atomic mass is 10.0. The van der Waals surface area contributed by atoms with E-state index in [4.69, 9.17) is 5.73 Å². The summed E-state index contributed by atoms with van der Waals surface area (Å²) in [5.41, 5.74) is 5.86. The van der Waals surface area contributed by atoms with Crippen molar-refractivity contribution < 1.29 is 63.3 Å². The maximum Gasteiger partial charge on any atom is 0.326 e. The van der Waals surface area contributed by atoms with Crippen LogP contribution in [-0.2, 0) is 54.4 Å². The van der Waals surface area contributed by atoms with E-state index in [9.17, 15) is 63.3 Å². The minimum Gasteiger partial charge on any atom is -0.481 e. The molecule has 330 valence electrons. The molecule has 0 aromatic carbocycles. The van der Waals surface area contributed by atoms with E-state index in [0.29, 0.717) is 11.4 Å². The summed E-state index contributed by atoms with van der Waals surface area (Å²) < 4.78 is 0. The highest BCUT2D eigenvalue weighted by Gasteiger charge is 2.33. The number of hydrogen-bond donors (Lipinski definition) is 13. The molecular formula is C34H55N11O13S. The molecule has 0 saturated heterocycles. The van der Waals surface area contributed by atoms with Gasteiger partial charge in [0.25, 0.3) is 0 Å². The fraction of sp³-hybridized carbons (Fsp3) is 0.618. The molecule has 1 aromatic rings. The van der Waals surface area contributed by atoms with Gasteiger partial charge in [-0.2, -0.15) is 11.8 Å². The third kappa shape index (κ3) is 18.5. The molecule has 1 aromatic heterocycles. The van der Waals surface area contributed by atoms with Gasteiger partial charge in [-0.3, -0.25) is 43.2 Å². The van der Waals surface area contributed by atoms with E-state index in [-0.39, 0.29) is 12.8 Å². The van der Waals surface area contributed by atoms with Crippen molar-refractivity contribution >= 4 is 71.0 Å². The Morgan fingerprint density at radius 1 is 0.712 bits per heavy atom. The number of imidazole rings is 1. The van der Waals surface area contributed by atoms with E-state index in [2.05, 4.69) is 52.5 Å². The summed E-state index contributed by atoms with van der Waals surface area (Å²) in [6.07, 6.45) is 3.37. The van der Waals surface area contributed by atoms with Gasteiger partial charge in [-0.15, -0.1) is 0 Å². The van der Waals surface area contributed by atoms with E-state index in [1.807, 2.05) is 0 Å². The van der Waals surface area contributed by atoms with Gasteiger partial charge in [0.1, 0.15) is 42.3 Å². The number of amides is 8. The van der Waals surface area contributed by atoms with Crippen LogP contribution in [0, 0.1) is 5.92 Å². The molecule has 24 nitrogen and oxygen atoms in total. The van der Waals surface area contributed by atoms with Crippen molar-refractivity contribution in [3.8, 4) is 0 Å². The van der Waals surface area contributed by atoms with Crippen molar-refractivity contribution in [1.29, 1.82) is 0 Å². The van der Waals surface area contributed by atoms with Gasteiger partial charge in [0.05, 0.1) is 31.9 Å². The molecule has 0 radical (unpaired) electrons. The van der Waals surface area contributed by atoms with E-state index in [0.717, 1.165) is 0 Å². The molecule has 0 spiro atoms. The quantitative estimate of drug-likeness (QED) is 0.0414. The molecule has 0 fully saturated rings. The lowest BCUT2D eigenvalue weighted by Crippen LogP contribution is -2.59. The number of carbonyl (C=O) groups is 10. The standard InChI is InChI=1S/C34H55N11O13S/c1-15(2)26(34(57)58)45-32(55)22(10-25(48)49)43-31(54)20(7-8-59-6)41-24(47)12-37-30(53)21(9-19-11-36-14-38-19)42-29(52)18(5)39-28(51)17(4)40-33(56)23(13-46)44-27(50)16(3)35/h11,14-18,20-23,26,46H,7-10,12-13,35H2,1-6H3,(H,36,38)(H,37,53)(H,39,51)(H,40,56)(H,41,47)(H,42,52)(H,43,54)(H,44,50)(H,45,55)(H,48,49)(H,57,58)/t16-,17-,18-,20-,21-,22-,23-,26-/m0/s1. The second-order valence-corrected chi connectivity index (χ2v) is 14.7. The summed E-state index contributed by atoms with van der Waals surface area (Å²) in [6, 6.07) is -10.7. The number of aromatic nitrogens is 2. The molecule has 8 atom stereocenters. The zero-order valence-electron chi connectivity index (χ0n) is 33.5. The Morgan fingerprint density at radius 3 is 1.76 bits per heavy atom. The number of carboxylic acids is 2. The van der Waals surface area contributed by atoms with Crippen LogP contribution in [-0.4, -0.2) is 158 Å². The molecule has 0 bridgehead atoms. The Balaban J connectivity index is 3.00. The van der Waals surface area contributed by atoms with Gasteiger partial charge in [0.15, 0.2) is 0 Å². The first-order valence-electron chi connectivity index (χ1n) is 18.3. The molecule has 0 aliphatic heterocycles. The van der Waals surface area contributed by atoms with Gasteiger partial charge in [-0.25, -0.2) is 9.78 Å². The Labute approximate surface area is 343 Å². The summed E-state index contributed by atoms with van der Waals surface area (Å²) in [5, 5.41) is 46.9. The molecule has 0 saturated carbocycles. The SMILES string of the molecule is CSCC[C@H](NC(=O)CNC(=O)[C@H](Cc1cnc[nH]1)NC(=O)[C@H](C)NC(=O)[C@H](C)NC(=O)[C@H](CO)NC(=O)[C@H](C)N)C(=O)N[C@@H](CC(=O)O)C(=O)N[C@H](C(=O)O)C(C)C. The Kier molecular flexibility index (Phi) is 22.1. The van der Waals surface area contributed by atoms with Crippen LogP contribution < -0.4 is 48.3 Å². The zero-order chi connectivity index (χ0) is 45.0. The average Bonchev–Trinajstić information content (AvgIpc) is 3.68. The fourth-order valence-electron chi connectivity index (χ4n) is 4.87. The monoisotopic (exact) mass is 857 g/mol. The molecule has 1 rings (SSSR count). The van der Waals surface area contributed by atoms with Crippen molar-refractivity contribution in [3.63, 3.8) is 0 Å². The van der Waals surface area contributed by atoms with Gasteiger partial charge < -0.3 is 68.6 Å². The van der Waals surface area contributed by atoms with Gasteiger partial charge in [0, 0.05) is 18.3 Å². The fourth-order valence-corrected chi connectivity index (χ4v) is 5.34. The van der Waals surface area contributed by atoms with Crippen LogP contribution in [0.5, 0.6) is 0 Å². The predicted octanol–water partition coefficient (Wildman–Crippen LogP) is -5.19. The third-order valence-electron chi connectivity index (χ3n) is 8.27. The normalized spacial score (nSPS) is 15.0. The first kappa shape index (κ1) is 51.2. The van der Waals surface area contributed by atoms with Crippen LogP contribution >= 0.6 is 11.8 Å². The highest BCUT2D eigenvalue weighted by Crippen LogP contribution is 2.07. The number of aromatic amines is 1. The van der Waals surface area contributed by atoms with Crippen molar-refractivity contribution in [2.75, 3.05) is 25.2 Å². The molecule has 25 heteroatoms. The van der Waals surface area contributed by atoms with Crippen LogP contribution in [0.4, 0.5) is 0 Å². The minimum absolute atomic E-state index is 0.00833. The lowest BCUT2D eigenvalue weighted by Gasteiger charge is -2.25. The van der Waals surface area contributed by atoms with Gasteiger partial charge in [-0.1, -0.05) is 13.8 Å². The van der Waals surface area contributed by atoms with Crippen molar-refractivity contribution in [3.05, 3.63) is 18.2 Å². The number of nitrogens with two attached hydrogens (primary N) is 1. The summed E-state index contributed by atoms with van der Waals surface area (Å²) >= 11 is 1.31. The minimum atomic E-state index is -1.70. The predicted molar refractivity (Wildman–Crippen MR) is 209 cm³/mol. The first-order valence-corrected chi connectivity index (χ1v) is 19.7. The average molecular weight is 858 g/mol. The molecule has 14 N–H and O–H groups in total. The largest absolute Gasteiger partial charge is 0.481 e. The smallest absolute Gasteiger partial charge is 0.326 e. The summed E-state index contributed by atoms with van der Waals surface area (Å²) in [4.78, 5) is 133. The molecule has 8 amide bonds. The summed E-state index contributed by atoms with van der Waals surface area (Å²) in [6.45, 7) is 5.46. The maximum absolute atomic E-state index is 13.3. The van der Waals surface area contributed by atoms with Crippen LogP contribution in [0.25, 0.3) is 0 Å². The molecule has 0 unspecified atom stereocenters. The molecule has 0 aliphatic rings. The van der Waals surface area contributed by atoms with Crippen LogP contribution in [0.2, 0.25) is 0 Å². The number of aliphatic hydroxyl groups excluding tert-OH is 1. The van der Waals surface area contributed by atoms with Gasteiger partial charge in [-0.05, 0) is 45.1 Å².